The summed E-state index contributed by atoms with van der Waals surface area (Å²) in [7, 11) is 0. The van der Waals surface area contributed by atoms with Gasteiger partial charge in [0.15, 0.2) is 18.2 Å². The minimum atomic E-state index is -1.09. The van der Waals surface area contributed by atoms with E-state index in [4.69, 9.17) is 4.74 Å². The van der Waals surface area contributed by atoms with Crippen LogP contribution in [0, 0.1) is 11.6 Å². The van der Waals surface area contributed by atoms with Gasteiger partial charge in [-0.25, -0.2) is 13.6 Å². The molecule has 0 aromatic heterocycles. The molecule has 2 fully saturated rings. The number of hydrogen-bond acceptors (Lipinski definition) is 5. The van der Waals surface area contributed by atoms with Crippen LogP contribution in [0.4, 0.5) is 14.5 Å². The molecule has 9 heteroatoms. The summed E-state index contributed by atoms with van der Waals surface area (Å²) in [6.07, 6.45) is 1.07. The highest BCUT2D eigenvalue weighted by molar-refractivity contribution is 8.01. The van der Waals surface area contributed by atoms with Crippen LogP contribution in [0.2, 0.25) is 0 Å². The van der Waals surface area contributed by atoms with Gasteiger partial charge in [0, 0.05) is 23.9 Å². The van der Waals surface area contributed by atoms with Crippen LogP contribution in [-0.2, 0) is 19.1 Å². The Morgan fingerprint density at radius 1 is 1.40 bits per heavy atom. The fraction of sp³-hybridized carbons (Fsp3) is 0.438. The highest BCUT2D eigenvalue weighted by Gasteiger charge is 2.53. The van der Waals surface area contributed by atoms with Gasteiger partial charge in [-0.15, -0.1) is 11.8 Å². The molecule has 3 rings (SSSR count). The first-order valence-corrected chi connectivity index (χ1v) is 8.66. The van der Waals surface area contributed by atoms with Crippen molar-refractivity contribution in [2.75, 3.05) is 17.7 Å². The number of hydrogen-bond donors (Lipinski definition) is 1. The first-order chi connectivity index (χ1) is 11.8. The van der Waals surface area contributed by atoms with Crippen molar-refractivity contribution in [2.45, 2.75) is 30.7 Å². The summed E-state index contributed by atoms with van der Waals surface area (Å²) in [5.74, 6) is -3.12. The first kappa shape index (κ1) is 17.7. The maximum Gasteiger partial charge on any atom is 0.330 e. The topological polar surface area (TPSA) is 75.7 Å². The van der Waals surface area contributed by atoms with E-state index in [9.17, 15) is 23.2 Å². The molecule has 6 nitrogen and oxygen atoms in total. The van der Waals surface area contributed by atoms with Gasteiger partial charge in [-0.05, 0) is 25.5 Å². The van der Waals surface area contributed by atoms with Crippen LogP contribution in [-0.4, -0.2) is 46.0 Å². The van der Waals surface area contributed by atoms with Gasteiger partial charge in [-0.1, -0.05) is 0 Å². The van der Waals surface area contributed by atoms with Crippen LogP contribution < -0.4 is 5.32 Å². The largest absolute Gasteiger partial charge is 0.454 e. The molecule has 0 radical (unpaired) electrons. The summed E-state index contributed by atoms with van der Waals surface area (Å²) < 4.78 is 30.9. The SMILES string of the molecule is C[C@]12CCC(=O)N1[C@@H](C(=O)OCC(=O)Nc1ccc(F)c(F)c1)CS2. The molecule has 2 atom stereocenters. The molecule has 2 aliphatic rings. The van der Waals surface area contributed by atoms with Gasteiger partial charge < -0.3 is 15.0 Å². The molecule has 0 unspecified atom stereocenters. The second-order valence-electron chi connectivity index (χ2n) is 6.05. The Morgan fingerprint density at radius 3 is 2.88 bits per heavy atom. The van der Waals surface area contributed by atoms with Crippen LogP contribution in [0.25, 0.3) is 0 Å². The van der Waals surface area contributed by atoms with E-state index in [1.807, 2.05) is 6.92 Å². The first-order valence-electron chi connectivity index (χ1n) is 7.68. The Hall–Kier alpha value is -2.16. The van der Waals surface area contributed by atoms with Gasteiger partial charge >= 0.3 is 5.97 Å². The van der Waals surface area contributed by atoms with Crippen LogP contribution in [0.5, 0.6) is 0 Å². The van der Waals surface area contributed by atoms with E-state index in [0.717, 1.165) is 12.1 Å². The van der Waals surface area contributed by atoms with E-state index in [1.54, 1.807) is 0 Å². The highest BCUT2D eigenvalue weighted by atomic mass is 32.2. The summed E-state index contributed by atoms with van der Waals surface area (Å²) in [5.41, 5.74) is 0.0543. The maximum absolute atomic E-state index is 13.1. The molecule has 2 heterocycles. The van der Waals surface area contributed by atoms with Gasteiger partial charge in [0.2, 0.25) is 5.91 Å². The quantitative estimate of drug-likeness (QED) is 0.820. The van der Waals surface area contributed by atoms with Crippen molar-refractivity contribution in [1.82, 2.24) is 4.90 Å². The minimum absolute atomic E-state index is 0.0543. The third kappa shape index (κ3) is 3.46. The van der Waals surface area contributed by atoms with Crippen molar-refractivity contribution in [3.8, 4) is 0 Å². The standard InChI is InChI=1S/C16H16F2N2O4S/c1-16-5-4-14(22)20(16)12(8-25-16)15(23)24-7-13(21)19-9-2-3-10(17)11(18)6-9/h2-3,6,12H,4-5,7-8H2,1H3,(H,19,21)/t12-,16+/m1/s1. The molecule has 0 saturated carbocycles. The predicted molar refractivity (Wildman–Crippen MR) is 86.7 cm³/mol. The number of thioether (sulfide) groups is 1. The van der Waals surface area contributed by atoms with Crippen molar-refractivity contribution < 1.29 is 27.9 Å². The number of anilines is 1. The lowest BCUT2D eigenvalue weighted by Gasteiger charge is -2.29. The van der Waals surface area contributed by atoms with E-state index < -0.39 is 41.0 Å². The summed E-state index contributed by atoms with van der Waals surface area (Å²) in [4.78, 5) is 37.1. The monoisotopic (exact) mass is 370 g/mol. The van der Waals surface area contributed by atoms with Gasteiger partial charge in [-0.2, -0.15) is 0 Å². The van der Waals surface area contributed by atoms with Crippen molar-refractivity contribution in [3.63, 3.8) is 0 Å². The molecule has 2 amide bonds. The molecular formula is C16H16F2N2O4S. The number of carbonyl (C=O) groups excluding carboxylic acids is 3. The fourth-order valence-electron chi connectivity index (χ4n) is 3.00. The smallest absolute Gasteiger partial charge is 0.330 e. The lowest BCUT2D eigenvalue weighted by atomic mass is 10.2. The van der Waals surface area contributed by atoms with Gasteiger partial charge in [-0.3, -0.25) is 9.59 Å². The van der Waals surface area contributed by atoms with Crippen LogP contribution in [0.3, 0.4) is 0 Å². The molecule has 134 valence electrons. The number of amides is 2. The van der Waals surface area contributed by atoms with E-state index in [-0.39, 0.29) is 11.6 Å². The number of nitrogens with zero attached hydrogens (tertiary/aromatic N) is 1. The normalized spacial score (nSPS) is 25.0. The zero-order chi connectivity index (χ0) is 18.2. The Labute approximate surface area is 146 Å². The molecule has 25 heavy (non-hydrogen) atoms. The number of fused-ring (bicyclic) bond motifs is 1. The average Bonchev–Trinajstić information content (AvgIpc) is 3.05. The lowest BCUT2D eigenvalue weighted by Crippen LogP contribution is -2.47. The molecule has 0 bridgehead atoms. The van der Waals surface area contributed by atoms with E-state index in [2.05, 4.69) is 5.32 Å². The molecule has 0 spiro atoms. The number of esters is 1. The lowest BCUT2D eigenvalue weighted by molar-refractivity contribution is -0.155. The predicted octanol–water partition coefficient (Wildman–Crippen LogP) is 1.90. The summed E-state index contributed by atoms with van der Waals surface area (Å²) in [6, 6.07) is 2.20. The number of carbonyl (C=O) groups is 3. The van der Waals surface area contributed by atoms with Gasteiger partial charge in [0.1, 0.15) is 6.04 Å². The van der Waals surface area contributed by atoms with Crippen molar-refractivity contribution in [3.05, 3.63) is 29.8 Å². The number of nitrogens with one attached hydrogen (secondary N) is 1. The number of ether oxygens (including phenoxy) is 1. The van der Waals surface area contributed by atoms with E-state index >= 15 is 0 Å². The number of rotatable bonds is 4. The molecule has 2 aliphatic heterocycles. The Balaban J connectivity index is 1.54. The van der Waals surface area contributed by atoms with E-state index in [1.165, 1.54) is 22.7 Å². The zero-order valence-electron chi connectivity index (χ0n) is 13.4. The van der Waals surface area contributed by atoms with Gasteiger partial charge in [0.05, 0.1) is 4.87 Å². The van der Waals surface area contributed by atoms with E-state index in [0.29, 0.717) is 18.6 Å². The summed E-state index contributed by atoms with van der Waals surface area (Å²) >= 11 is 1.52. The Bertz CT molecular complexity index is 745. The molecule has 1 aromatic rings. The number of halogens is 2. The van der Waals surface area contributed by atoms with Crippen molar-refractivity contribution >= 4 is 35.2 Å². The Morgan fingerprint density at radius 2 is 2.16 bits per heavy atom. The molecular weight excluding hydrogens is 354 g/mol. The highest BCUT2D eigenvalue weighted by Crippen LogP contribution is 2.47. The average molecular weight is 370 g/mol. The number of benzene rings is 1. The minimum Gasteiger partial charge on any atom is -0.454 e. The second kappa shape index (κ2) is 6.62. The molecule has 0 aliphatic carbocycles. The van der Waals surface area contributed by atoms with Crippen LogP contribution in [0.1, 0.15) is 19.8 Å². The maximum atomic E-state index is 13.1. The third-order valence-electron chi connectivity index (χ3n) is 4.27. The molecule has 1 aromatic carbocycles. The zero-order valence-corrected chi connectivity index (χ0v) is 14.2. The Kier molecular flexibility index (Phi) is 4.68. The summed E-state index contributed by atoms with van der Waals surface area (Å²) in [5, 5.41) is 2.31. The fourth-order valence-corrected chi connectivity index (χ4v) is 4.42. The summed E-state index contributed by atoms with van der Waals surface area (Å²) in [6.45, 7) is 1.34. The second-order valence-corrected chi connectivity index (χ2v) is 7.55. The van der Waals surface area contributed by atoms with Crippen molar-refractivity contribution in [1.29, 1.82) is 0 Å². The van der Waals surface area contributed by atoms with Gasteiger partial charge in [0.25, 0.3) is 5.91 Å². The van der Waals surface area contributed by atoms with Crippen molar-refractivity contribution in [2.24, 2.45) is 0 Å². The van der Waals surface area contributed by atoms with Crippen LogP contribution >= 0.6 is 11.8 Å². The molecule has 2 saturated heterocycles. The molecule has 1 N–H and O–H groups in total. The van der Waals surface area contributed by atoms with Crippen LogP contribution in [0.15, 0.2) is 18.2 Å². The third-order valence-corrected chi connectivity index (χ3v) is 5.77.